The van der Waals surface area contributed by atoms with E-state index in [0.717, 1.165) is 31.1 Å². The van der Waals surface area contributed by atoms with Crippen molar-refractivity contribution in [3.63, 3.8) is 0 Å². The highest BCUT2D eigenvalue weighted by Crippen LogP contribution is 2.30. The van der Waals surface area contributed by atoms with Gasteiger partial charge in [0, 0.05) is 23.5 Å². The third-order valence-corrected chi connectivity index (χ3v) is 5.55. The Hall–Kier alpha value is -3.31. The number of carbonyl (C=O) groups is 1. The molecule has 3 aromatic rings. The van der Waals surface area contributed by atoms with Gasteiger partial charge in [-0.3, -0.25) is 14.6 Å². The maximum Gasteiger partial charge on any atom is 0.262 e. The number of nitrogens with zero attached hydrogens (tertiary/aromatic N) is 2. The molecule has 31 heavy (non-hydrogen) atoms. The number of rotatable bonds is 7. The minimum Gasteiger partial charge on any atom is -0.508 e. The molecular formula is C26H28N2O3. The summed E-state index contributed by atoms with van der Waals surface area (Å²) in [7, 11) is 0. The summed E-state index contributed by atoms with van der Waals surface area (Å²) >= 11 is 0. The molecule has 1 aliphatic heterocycles. The molecule has 0 spiro atoms. The van der Waals surface area contributed by atoms with E-state index in [4.69, 9.17) is 4.74 Å². The third kappa shape index (κ3) is 5.44. The van der Waals surface area contributed by atoms with Gasteiger partial charge in [0.25, 0.3) is 5.91 Å². The molecule has 0 bridgehead atoms. The maximum absolute atomic E-state index is 13.3. The quantitative estimate of drug-likeness (QED) is 0.573. The number of aromatic hydroxyl groups is 1. The van der Waals surface area contributed by atoms with Gasteiger partial charge in [-0.1, -0.05) is 24.6 Å². The zero-order valence-corrected chi connectivity index (χ0v) is 17.6. The fraction of sp³-hybridized carbons (Fsp3) is 0.269. The second-order valence-electron chi connectivity index (χ2n) is 7.77. The van der Waals surface area contributed by atoms with E-state index in [1.54, 1.807) is 41.3 Å². The number of anilines is 2. The van der Waals surface area contributed by atoms with Crippen LogP contribution >= 0.6 is 0 Å². The van der Waals surface area contributed by atoms with Crippen molar-refractivity contribution in [2.45, 2.75) is 19.3 Å². The minimum absolute atomic E-state index is 0.134. The zero-order chi connectivity index (χ0) is 21.5. The number of likely N-dealkylation sites (tertiary alicyclic amines) is 1. The van der Waals surface area contributed by atoms with Crippen LogP contribution in [0.3, 0.4) is 0 Å². The van der Waals surface area contributed by atoms with Crippen LogP contribution in [-0.4, -0.2) is 42.2 Å². The van der Waals surface area contributed by atoms with Crippen molar-refractivity contribution in [2.24, 2.45) is 0 Å². The summed E-state index contributed by atoms with van der Waals surface area (Å²) in [4.78, 5) is 17.4. The number of amides is 1. The molecule has 0 radical (unpaired) electrons. The lowest BCUT2D eigenvalue weighted by atomic mass is 10.1. The van der Waals surface area contributed by atoms with Crippen LogP contribution in [0, 0.1) is 0 Å². The normalized spacial score (nSPS) is 14.2. The van der Waals surface area contributed by atoms with Gasteiger partial charge in [-0.2, -0.15) is 0 Å². The first-order valence-corrected chi connectivity index (χ1v) is 10.8. The molecular weight excluding hydrogens is 388 g/mol. The highest BCUT2D eigenvalue weighted by Gasteiger charge is 2.20. The summed E-state index contributed by atoms with van der Waals surface area (Å²) < 4.78 is 5.93. The van der Waals surface area contributed by atoms with E-state index in [9.17, 15) is 9.90 Å². The SMILES string of the molecule is O=C(c1ccccc1)N(c1ccc(O)cc1)c1ccc(OCCN2CCCCC2)cc1. The molecule has 5 nitrogen and oxygen atoms in total. The topological polar surface area (TPSA) is 53.0 Å². The van der Waals surface area contributed by atoms with Crippen LogP contribution < -0.4 is 9.64 Å². The fourth-order valence-electron chi connectivity index (χ4n) is 3.86. The first kappa shape index (κ1) is 20.9. The molecule has 0 saturated carbocycles. The number of hydrogen-bond acceptors (Lipinski definition) is 4. The van der Waals surface area contributed by atoms with E-state index in [-0.39, 0.29) is 11.7 Å². The van der Waals surface area contributed by atoms with E-state index in [1.165, 1.54) is 19.3 Å². The number of phenolic OH excluding ortho intramolecular Hbond substituents is 1. The van der Waals surface area contributed by atoms with Gasteiger partial charge in [0.15, 0.2) is 0 Å². The van der Waals surface area contributed by atoms with Crippen molar-refractivity contribution in [1.82, 2.24) is 4.90 Å². The van der Waals surface area contributed by atoms with Gasteiger partial charge in [0.05, 0.1) is 0 Å². The van der Waals surface area contributed by atoms with Gasteiger partial charge in [-0.25, -0.2) is 0 Å². The van der Waals surface area contributed by atoms with Crippen LogP contribution in [-0.2, 0) is 0 Å². The van der Waals surface area contributed by atoms with Crippen LogP contribution in [0.15, 0.2) is 78.9 Å². The molecule has 0 aromatic heterocycles. The van der Waals surface area contributed by atoms with E-state index >= 15 is 0 Å². The van der Waals surface area contributed by atoms with Crippen LogP contribution in [0.5, 0.6) is 11.5 Å². The highest BCUT2D eigenvalue weighted by molar-refractivity contribution is 6.10. The van der Waals surface area contributed by atoms with Crippen molar-refractivity contribution >= 4 is 17.3 Å². The number of carbonyl (C=O) groups excluding carboxylic acids is 1. The Balaban J connectivity index is 1.49. The molecule has 1 aliphatic rings. The summed E-state index contributed by atoms with van der Waals surface area (Å²) in [6.07, 6.45) is 3.88. The van der Waals surface area contributed by atoms with Crippen LogP contribution in [0.1, 0.15) is 29.6 Å². The lowest BCUT2D eigenvalue weighted by Crippen LogP contribution is -2.33. The molecule has 1 amide bonds. The lowest BCUT2D eigenvalue weighted by Gasteiger charge is -2.26. The fourth-order valence-corrected chi connectivity index (χ4v) is 3.86. The minimum atomic E-state index is -0.134. The Bertz CT molecular complexity index is 966. The molecule has 160 valence electrons. The van der Waals surface area contributed by atoms with Crippen molar-refractivity contribution in [1.29, 1.82) is 0 Å². The third-order valence-electron chi connectivity index (χ3n) is 5.55. The summed E-state index contributed by atoms with van der Waals surface area (Å²) in [5, 5.41) is 9.65. The molecule has 3 aromatic carbocycles. The Labute approximate surface area is 183 Å². The van der Waals surface area contributed by atoms with Gasteiger partial charge < -0.3 is 9.84 Å². The second-order valence-corrected chi connectivity index (χ2v) is 7.77. The Morgan fingerprint density at radius 2 is 1.45 bits per heavy atom. The summed E-state index contributed by atoms with van der Waals surface area (Å²) in [5.41, 5.74) is 2.02. The van der Waals surface area contributed by atoms with E-state index < -0.39 is 0 Å². The average Bonchev–Trinajstić information content (AvgIpc) is 2.83. The van der Waals surface area contributed by atoms with Gasteiger partial charge in [-0.05, 0) is 86.6 Å². The van der Waals surface area contributed by atoms with Gasteiger partial charge in [-0.15, -0.1) is 0 Å². The van der Waals surface area contributed by atoms with E-state index in [1.807, 2.05) is 42.5 Å². The number of piperidine rings is 1. The molecule has 1 N–H and O–H groups in total. The summed E-state index contributed by atoms with van der Waals surface area (Å²) in [6, 6.07) is 23.4. The number of benzene rings is 3. The van der Waals surface area contributed by atoms with Crippen LogP contribution in [0.25, 0.3) is 0 Å². The number of hydrogen-bond donors (Lipinski definition) is 1. The van der Waals surface area contributed by atoms with Crippen molar-refractivity contribution in [3.8, 4) is 11.5 Å². The van der Waals surface area contributed by atoms with Crippen LogP contribution in [0.4, 0.5) is 11.4 Å². The zero-order valence-electron chi connectivity index (χ0n) is 17.6. The molecule has 1 saturated heterocycles. The first-order chi connectivity index (χ1) is 15.2. The molecule has 0 unspecified atom stereocenters. The predicted octanol–water partition coefficient (Wildman–Crippen LogP) is 5.24. The van der Waals surface area contributed by atoms with E-state index in [2.05, 4.69) is 4.90 Å². The molecule has 0 aliphatic carbocycles. The molecule has 1 heterocycles. The second kappa shape index (κ2) is 10.1. The van der Waals surface area contributed by atoms with Gasteiger partial charge in [0.2, 0.25) is 0 Å². The monoisotopic (exact) mass is 416 g/mol. The first-order valence-electron chi connectivity index (χ1n) is 10.8. The molecule has 1 fully saturated rings. The summed E-state index contributed by atoms with van der Waals surface area (Å²) in [6.45, 7) is 3.91. The Kier molecular flexibility index (Phi) is 6.85. The Morgan fingerprint density at radius 1 is 0.839 bits per heavy atom. The number of phenols is 1. The predicted molar refractivity (Wildman–Crippen MR) is 123 cm³/mol. The van der Waals surface area contributed by atoms with Gasteiger partial charge in [0.1, 0.15) is 18.1 Å². The standard InChI is InChI=1S/C26H28N2O3/c29-24-13-9-22(10-14-24)28(26(30)21-7-3-1-4-8-21)23-11-15-25(16-12-23)31-20-19-27-17-5-2-6-18-27/h1,3-4,7-16,29H,2,5-6,17-20H2. The largest absolute Gasteiger partial charge is 0.508 e. The van der Waals surface area contributed by atoms with Crippen molar-refractivity contribution in [2.75, 3.05) is 31.1 Å². The number of ether oxygens (including phenoxy) is 1. The highest BCUT2D eigenvalue weighted by atomic mass is 16.5. The van der Waals surface area contributed by atoms with Crippen molar-refractivity contribution < 1.29 is 14.6 Å². The Morgan fingerprint density at radius 3 is 2.10 bits per heavy atom. The van der Waals surface area contributed by atoms with Crippen LogP contribution in [0.2, 0.25) is 0 Å². The molecule has 5 heteroatoms. The molecule has 0 atom stereocenters. The average molecular weight is 417 g/mol. The lowest BCUT2D eigenvalue weighted by molar-refractivity contribution is 0.0999. The summed E-state index contributed by atoms with van der Waals surface area (Å²) in [5.74, 6) is 0.817. The molecule has 4 rings (SSSR count). The smallest absolute Gasteiger partial charge is 0.262 e. The van der Waals surface area contributed by atoms with E-state index in [0.29, 0.717) is 17.9 Å². The van der Waals surface area contributed by atoms with Crippen molar-refractivity contribution in [3.05, 3.63) is 84.4 Å². The maximum atomic E-state index is 13.3. The van der Waals surface area contributed by atoms with Gasteiger partial charge >= 0.3 is 0 Å².